The Morgan fingerprint density at radius 3 is 2.95 bits per heavy atom. The van der Waals surface area contributed by atoms with Crippen LogP contribution < -0.4 is 11.3 Å². The third-order valence-corrected chi connectivity index (χ3v) is 4.14. The lowest BCUT2D eigenvalue weighted by Gasteiger charge is -2.25. The highest BCUT2D eigenvalue weighted by molar-refractivity contribution is 5.78. The Labute approximate surface area is 119 Å². The first-order chi connectivity index (χ1) is 9.78. The maximum absolute atomic E-state index is 5.81. The molecule has 0 radical (unpaired) electrons. The standard InChI is InChI=1S/C16H21N3O/c1-11-8-9-20-16(11)15(19-17)10-13-7-6-12-4-2-3-5-14(12)18-13/h2-7,11,15-16,19H,8-10,17H2,1H3. The summed E-state index contributed by atoms with van der Waals surface area (Å²) in [7, 11) is 0. The predicted octanol–water partition coefficient (Wildman–Crippen LogP) is 2.03. The van der Waals surface area contributed by atoms with Crippen molar-refractivity contribution in [3.63, 3.8) is 0 Å². The van der Waals surface area contributed by atoms with Gasteiger partial charge in [0.15, 0.2) is 0 Å². The minimum Gasteiger partial charge on any atom is -0.376 e. The molecule has 20 heavy (non-hydrogen) atoms. The number of fused-ring (bicyclic) bond motifs is 1. The van der Waals surface area contributed by atoms with Gasteiger partial charge in [-0.15, -0.1) is 0 Å². The molecule has 3 atom stereocenters. The number of pyridine rings is 1. The van der Waals surface area contributed by atoms with Crippen molar-refractivity contribution in [1.29, 1.82) is 0 Å². The lowest BCUT2D eigenvalue weighted by molar-refractivity contribution is 0.0608. The Bertz CT molecular complexity index is 587. The molecule has 2 aromatic rings. The highest BCUT2D eigenvalue weighted by atomic mass is 16.5. The molecule has 0 bridgehead atoms. The van der Waals surface area contributed by atoms with Crippen molar-refractivity contribution in [2.45, 2.75) is 31.9 Å². The minimum atomic E-state index is 0.112. The van der Waals surface area contributed by atoms with Crippen molar-refractivity contribution in [3.8, 4) is 0 Å². The summed E-state index contributed by atoms with van der Waals surface area (Å²) in [5, 5.41) is 1.17. The van der Waals surface area contributed by atoms with E-state index in [1.807, 2.05) is 18.2 Å². The van der Waals surface area contributed by atoms with Crippen LogP contribution in [0.1, 0.15) is 19.0 Å². The molecule has 1 aromatic carbocycles. The molecule has 1 aliphatic heterocycles. The lowest BCUT2D eigenvalue weighted by atomic mass is 9.94. The predicted molar refractivity (Wildman–Crippen MR) is 80.1 cm³/mol. The summed E-state index contributed by atoms with van der Waals surface area (Å²) in [5.41, 5.74) is 4.99. The fraction of sp³-hybridized carbons (Fsp3) is 0.438. The van der Waals surface area contributed by atoms with Crippen LogP contribution in [0.5, 0.6) is 0 Å². The molecule has 0 amide bonds. The third-order valence-electron chi connectivity index (χ3n) is 4.14. The first kappa shape index (κ1) is 13.5. The van der Waals surface area contributed by atoms with Gasteiger partial charge in [-0.2, -0.15) is 0 Å². The third kappa shape index (κ3) is 2.68. The number of hydrazine groups is 1. The Balaban J connectivity index is 1.80. The fourth-order valence-corrected chi connectivity index (χ4v) is 2.95. The van der Waals surface area contributed by atoms with E-state index in [9.17, 15) is 0 Å². The van der Waals surface area contributed by atoms with Crippen molar-refractivity contribution in [1.82, 2.24) is 10.4 Å². The summed E-state index contributed by atoms with van der Waals surface area (Å²) in [6.45, 7) is 3.05. The Kier molecular flexibility index (Phi) is 3.96. The maximum atomic E-state index is 5.81. The number of hydrogen-bond donors (Lipinski definition) is 2. The van der Waals surface area contributed by atoms with Crippen LogP contribution in [-0.4, -0.2) is 23.7 Å². The number of para-hydroxylation sites is 1. The van der Waals surface area contributed by atoms with Gasteiger partial charge in [-0.25, -0.2) is 0 Å². The van der Waals surface area contributed by atoms with E-state index in [0.29, 0.717) is 5.92 Å². The summed E-state index contributed by atoms with van der Waals surface area (Å²) < 4.78 is 5.81. The maximum Gasteiger partial charge on any atom is 0.0771 e. The van der Waals surface area contributed by atoms with Gasteiger partial charge in [0.2, 0.25) is 0 Å². The molecule has 106 valence electrons. The number of rotatable bonds is 4. The fourth-order valence-electron chi connectivity index (χ4n) is 2.95. The summed E-state index contributed by atoms with van der Waals surface area (Å²) in [4.78, 5) is 4.71. The highest BCUT2D eigenvalue weighted by Crippen LogP contribution is 2.24. The van der Waals surface area contributed by atoms with Crippen LogP contribution in [0.2, 0.25) is 0 Å². The Hall–Kier alpha value is -1.49. The molecular formula is C16H21N3O. The van der Waals surface area contributed by atoms with Crippen LogP contribution in [0, 0.1) is 5.92 Å². The van der Waals surface area contributed by atoms with Crippen LogP contribution in [0.15, 0.2) is 36.4 Å². The zero-order valence-electron chi connectivity index (χ0n) is 11.8. The van der Waals surface area contributed by atoms with E-state index >= 15 is 0 Å². The number of aromatic nitrogens is 1. The molecule has 4 heteroatoms. The quantitative estimate of drug-likeness (QED) is 0.660. The SMILES string of the molecule is CC1CCOC1C(Cc1ccc2ccccc2n1)NN. The molecule has 3 rings (SSSR count). The second-order valence-electron chi connectivity index (χ2n) is 5.57. The number of hydrogen-bond acceptors (Lipinski definition) is 4. The molecule has 0 aliphatic carbocycles. The summed E-state index contributed by atoms with van der Waals surface area (Å²) in [6, 6.07) is 12.5. The topological polar surface area (TPSA) is 60.2 Å². The largest absolute Gasteiger partial charge is 0.376 e. The first-order valence-corrected chi connectivity index (χ1v) is 7.20. The van der Waals surface area contributed by atoms with Crippen molar-refractivity contribution >= 4 is 10.9 Å². The van der Waals surface area contributed by atoms with Crippen molar-refractivity contribution in [2.24, 2.45) is 11.8 Å². The molecule has 2 heterocycles. The van der Waals surface area contributed by atoms with E-state index in [1.165, 1.54) is 5.39 Å². The zero-order chi connectivity index (χ0) is 13.9. The van der Waals surface area contributed by atoms with Gasteiger partial charge in [0, 0.05) is 24.1 Å². The number of benzene rings is 1. The monoisotopic (exact) mass is 271 g/mol. The highest BCUT2D eigenvalue weighted by Gasteiger charge is 2.31. The number of nitrogens with one attached hydrogen (secondary N) is 1. The molecule has 3 N–H and O–H groups in total. The van der Waals surface area contributed by atoms with Gasteiger partial charge in [-0.05, 0) is 24.5 Å². The number of nitrogens with two attached hydrogens (primary N) is 1. The van der Waals surface area contributed by atoms with Gasteiger partial charge < -0.3 is 4.74 Å². The smallest absolute Gasteiger partial charge is 0.0771 e. The summed E-state index contributed by atoms with van der Waals surface area (Å²) >= 11 is 0. The first-order valence-electron chi connectivity index (χ1n) is 7.20. The molecule has 1 aliphatic rings. The zero-order valence-corrected chi connectivity index (χ0v) is 11.8. The van der Waals surface area contributed by atoms with E-state index in [4.69, 9.17) is 15.6 Å². The van der Waals surface area contributed by atoms with Crippen LogP contribution in [0.3, 0.4) is 0 Å². The molecular weight excluding hydrogens is 250 g/mol. The average Bonchev–Trinajstić information content (AvgIpc) is 2.91. The Morgan fingerprint density at radius 1 is 1.35 bits per heavy atom. The van der Waals surface area contributed by atoms with Gasteiger partial charge in [0.1, 0.15) is 0 Å². The molecule has 0 spiro atoms. The second kappa shape index (κ2) is 5.87. The molecule has 1 saturated heterocycles. The van der Waals surface area contributed by atoms with Crippen LogP contribution in [0.4, 0.5) is 0 Å². The van der Waals surface area contributed by atoms with Crippen molar-refractivity contribution in [3.05, 3.63) is 42.1 Å². The van der Waals surface area contributed by atoms with E-state index in [1.54, 1.807) is 0 Å². The van der Waals surface area contributed by atoms with E-state index in [0.717, 1.165) is 30.7 Å². The van der Waals surface area contributed by atoms with E-state index in [-0.39, 0.29) is 12.1 Å². The molecule has 1 fully saturated rings. The van der Waals surface area contributed by atoms with Crippen LogP contribution >= 0.6 is 0 Å². The van der Waals surface area contributed by atoms with Gasteiger partial charge in [-0.1, -0.05) is 31.2 Å². The van der Waals surface area contributed by atoms with Crippen molar-refractivity contribution < 1.29 is 4.74 Å². The van der Waals surface area contributed by atoms with Crippen molar-refractivity contribution in [2.75, 3.05) is 6.61 Å². The molecule has 4 nitrogen and oxygen atoms in total. The number of ether oxygens (including phenoxy) is 1. The second-order valence-corrected chi connectivity index (χ2v) is 5.57. The molecule has 3 unspecified atom stereocenters. The van der Waals surface area contributed by atoms with Gasteiger partial charge >= 0.3 is 0 Å². The van der Waals surface area contributed by atoms with Crippen LogP contribution in [-0.2, 0) is 11.2 Å². The molecule has 1 aromatic heterocycles. The van der Waals surface area contributed by atoms with E-state index in [2.05, 4.69) is 30.5 Å². The average molecular weight is 271 g/mol. The van der Waals surface area contributed by atoms with Gasteiger partial charge in [0.25, 0.3) is 0 Å². The van der Waals surface area contributed by atoms with Crippen LogP contribution in [0.25, 0.3) is 10.9 Å². The Morgan fingerprint density at radius 2 is 2.20 bits per heavy atom. The van der Waals surface area contributed by atoms with Gasteiger partial charge in [0.05, 0.1) is 17.7 Å². The number of nitrogens with zero attached hydrogens (tertiary/aromatic N) is 1. The normalized spacial score (nSPS) is 24.1. The van der Waals surface area contributed by atoms with E-state index < -0.39 is 0 Å². The summed E-state index contributed by atoms with van der Waals surface area (Å²) in [6.07, 6.45) is 2.07. The van der Waals surface area contributed by atoms with Gasteiger partial charge in [-0.3, -0.25) is 16.3 Å². The summed E-state index contributed by atoms with van der Waals surface area (Å²) in [5.74, 6) is 6.26. The molecule has 0 saturated carbocycles. The lowest BCUT2D eigenvalue weighted by Crippen LogP contribution is -2.47. The minimum absolute atomic E-state index is 0.112.